The topological polar surface area (TPSA) is 111 Å². The second kappa shape index (κ2) is 10.4. The van der Waals surface area contributed by atoms with Crippen molar-refractivity contribution >= 4 is 24.0 Å². The van der Waals surface area contributed by atoms with Crippen molar-refractivity contribution in [2.24, 2.45) is 11.3 Å². The first kappa shape index (κ1) is 25.0. The Balaban J connectivity index is 2.11. The van der Waals surface area contributed by atoms with Crippen LogP contribution in [-0.4, -0.2) is 66.0 Å². The third-order valence-electron chi connectivity index (χ3n) is 5.27. The van der Waals surface area contributed by atoms with Crippen LogP contribution in [0.3, 0.4) is 0 Å². The van der Waals surface area contributed by atoms with Gasteiger partial charge in [-0.15, -0.1) is 0 Å². The summed E-state index contributed by atoms with van der Waals surface area (Å²) in [4.78, 5) is 52.0. The molecule has 1 fully saturated rings. The van der Waals surface area contributed by atoms with Crippen LogP contribution in [0.1, 0.15) is 44.0 Å². The highest BCUT2D eigenvalue weighted by atomic mass is 19.1. The normalized spacial score (nSPS) is 19.1. The molecule has 32 heavy (non-hydrogen) atoms. The number of likely N-dealkylation sites (N-methyl/N-ethyl adjacent to an activating group) is 1. The number of aldehydes is 1. The van der Waals surface area contributed by atoms with Crippen LogP contribution in [-0.2, 0) is 14.4 Å². The van der Waals surface area contributed by atoms with E-state index in [1.54, 1.807) is 0 Å². The SMILES string of the molecule is CN(CC(=O)N1CC(C=O)CC1C#N)C(=O)C(CC(C)(C)C)NC(=O)c1ccc(F)cc1. The Morgan fingerprint density at radius 1 is 1.31 bits per heavy atom. The van der Waals surface area contributed by atoms with Crippen molar-refractivity contribution in [1.82, 2.24) is 15.1 Å². The summed E-state index contributed by atoms with van der Waals surface area (Å²) >= 11 is 0. The van der Waals surface area contributed by atoms with Gasteiger partial charge in [-0.3, -0.25) is 14.4 Å². The number of carbonyl (C=O) groups excluding carboxylic acids is 4. The van der Waals surface area contributed by atoms with Gasteiger partial charge in [0.1, 0.15) is 24.2 Å². The molecule has 1 aromatic rings. The Morgan fingerprint density at radius 2 is 1.94 bits per heavy atom. The van der Waals surface area contributed by atoms with Crippen molar-refractivity contribution in [3.63, 3.8) is 0 Å². The van der Waals surface area contributed by atoms with Crippen LogP contribution in [0, 0.1) is 28.5 Å². The fraction of sp³-hybridized carbons (Fsp3) is 0.522. The van der Waals surface area contributed by atoms with E-state index in [2.05, 4.69) is 5.32 Å². The van der Waals surface area contributed by atoms with Crippen LogP contribution in [0.25, 0.3) is 0 Å². The second-order valence-corrected chi connectivity index (χ2v) is 9.31. The van der Waals surface area contributed by atoms with Gasteiger partial charge in [0.05, 0.1) is 12.6 Å². The van der Waals surface area contributed by atoms with Crippen LogP contribution in [0.2, 0.25) is 0 Å². The maximum atomic E-state index is 13.2. The molecule has 1 aliphatic heterocycles. The van der Waals surface area contributed by atoms with Gasteiger partial charge in [-0.2, -0.15) is 5.26 Å². The van der Waals surface area contributed by atoms with Gasteiger partial charge in [0.2, 0.25) is 11.8 Å². The number of nitrogens with one attached hydrogen (secondary N) is 1. The Labute approximate surface area is 187 Å². The molecule has 1 aromatic carbocycles. The number of rotatable bonds is 7. The number of nitriles is 1. The van der Waals surface area contributed by atoms with Crippen LogP contribution < -0.4 is 5.32 Å². The molecule has 2 rings (SSSR count). The molecular formula is C23H29FN4O4. The third kappa shape index (κ3) is 6.61. The zero-order valence-electron chi connectivity index (χ0n) is 18.8. The number of amides is 3. The summed E-state index contributed by atoms with van der Waals surface area (Å²) in [6.45, 7) is 5.63. The molecule has 1 aliphatic rings. The molecule has 3 amide bonds. The summed E-state index contributed by atoms with van der Waals surface area (Å²) in [7, 11) is 1.45. The quantitative estimate of drug-likeness (QED) is 0.645. The summed E-state index contributed by atoms with van der Waals surface area (Å²) < 4.78 is 13.2. The van der Waals surface area contributed by atoms with E-state index in [1.165, 1.54) is 29.0 Å². The van der Waals surface area contributed by atoms with E-state index < -0.39 is 41.5 Å². The first-order valence-electron chi connectivity index (χ1n) is 10.4. The Bertz CT molecular complexity index is 904. The first-order valence-corrected chi connectivity index (χ1v) is 10.4. The van der Waals surface area contributed by atoms with Gasteiger partial charge < -0.3 is 19.9 Å². The van der Waals surface area contributed by atoms with Crippen molar-refractivity contribution in [2.45, 2.75) is 45.7 Å². The number of carbonyl (C=O) groups is 4. The molecule has 1 heterocycles. The van der Waals surface area contributed by atoms with Gasteiger partial charge in [0, 0.05) is 25.1 Å². The maximum Gasteiger partial charge on any atom is 0.251 e. The average molecular weight is 445 g/mol. The lowest BCUT2D eigenvalue weighted by atomic mass is 9.87. The van der Waals surface area contributed by atoms with E-state index in [0.717, 1.165) is 18.4 Å². The maximum absolute atomic E-state index is 13.2. The zero-order valence-corrected chi connectivity index (χ0v) is 18.8. The molecule has 3 unspecified atom stereocenters. The highest BCUT2D eigenvalue weighted by molar-refractivity contribution is 5.98. The lowest BCUT2D eigenvalue weighted by molar-refractivity contribution is -0.140. The van der Waals surface area contributed by atoms with Gasteiger partial charge in [-0.05, 0) is 42.5 Å². The third-order valence-corrected chi connectivity index (χ3v) is 5.27. The molecule has 0 bridgehead atoms. The van der Waals surface area contributed by atoms with Gasteiger partial charge in [-0.1, -0.05) is 20.8 Å². The van der Waals surface area contributed by atoms with Crippen LogP contribution in [0.15, 0.2) is 24.3 Å². The summed E-state index contributed by atoms with van der Waals surface area (Å²) in [6.07, 6.45) is 1.33. The molecule has 1 N–H and O–H groups in total. The van der Waals surface area contributed by atoms with Crippen molar-refractivity contribution < 1.29 is 23.6 Å². The van der Waals surface area contributed by atoms with E-state index in [1.807, 2.05) is 26.8 Å². The summed E-state index contributed by atoms with van der Waals surface area (Å²) in [5.74, 6) is -2.28. The minimum Gasteiger partial charge on any atom is -0.340 e. The molecule has 0 aromatic heterocycles. The summed E-state index contributed by atoms with van der Waals surface area (Å²) in [5, 5.41) is 12.0. The van der Waals surface area contributed by atoms with Gasteiger partial charge >= 0.3 is 0 Å². The number of likely N-dealkylation sites (tertiary alicyclic amines) is 1. The fourth-order valence-corrected chi connectivity index (χ4v) is 3.66. The number of nitrogens with zero attached hydrogens (tertiary/aromatic N) is 3. The van der Waals surface area contributed by atoms with E-state index in [-0.39, 0.29) is 30.5 Å². The highest BCUT2D eigenvalue weighted by Crippen LogP contribution is 2.23. The molecule has 0 aliphatic carbocycles. The Hall–Kier alpha value is -3.28. The highest BCUT2D eigenvalue weighted by Gasteiger charge is 2.36. The van der Waals surface area contributed by atoms with Crippen molar-refractivity contribution in [3.05, 3.63) is 35.6 Å². The monoisotopic (exact) mass is 444 g/mol. The number of benzene rings is 1. The average Bonchev–Trinajstić information content (AvgIpc) is 3.16. The molecule has 0 saturated carbocycles. The molecule has 3 atom stereocenters. The number of hydrogen-bond donors (Lipinski definition) is 1. The molecule has 9 heteroatoms. The molecule has 172 valence electrons. The van der Waals surface area contributed by atoms with Crippen LogP contribution >= 0.6 is 0 Å². The zero-order chi connectivity index (χ0) is 24.1. The van der Waals surface area contributed by atoms with E-state index in [0.29, 0.717) is 6.42 Å². The van der Waals surface area contributed by atoms with Crippen LogP contribution in [0.5, 0.6) is 0 Å². The lowest BCUT2D eigenvalue weighted by Gasteiger charge is -2.30. The molecule has 1 saturated heterocycles. The molecular weight excluding hydrogens is 415 g/mol. The van der Waals surface area contributed by atoms with Crippen molar-refractivity contribution in [3.8, 4) is 6.07 Å². The Kier molecular flexibility index (Phi) is 8.08. The van der Waals surface area contributed by atoms with E-state index in [4.69, 9.17) is 0 Å². The molecule has 8 nitrogen and oxygen atoms in total. The minimum absolute atomic E-state index is 0.148. The molecule has 0 radical (unpaired) electrons. The predicted molar refractivity (Wildman–Crippen MR) is 115 cm³/mol. The van der Waals surface area contributed by atoms with Crippen LogP contribution in [0.4, 0.5) is 4.39 Å². The second-order valence-electron chi connectivity index (χ2n) is 9.31. The lowest BCUT2D eigenvalue weighted by Crippen LogP contribution is -2.51. The predicted octanol–water partition coefficient (Wildman–Crippen LogP) is 1.76. The Morgan fingerprint density at radius 3 is 2.47 bits per heavy atom. The first-order chi connectivity index (χ1) is 14.9. The fourth-order valence-electron chi connectivity index (χ4n) is 3.66. The summed E-state index contributed by atoms with van der Waals surface area (Å²) in [6, 6.07) is 5.39. The van der Waals surface area contributed by atoms with Gasteiger partial charge in [-0.25, -0.2) is 4.39 Å². The van der Waals surface area contributed by atoms with Gasteiger partial charge in [0.25, 0.3) is 5.91 Å². The number of hydrogen-bond acceptors (Lipinski definition) is 5. The van der Waals surface area contributed by atoms with Crippen molar-refractivity contribution in [1.29, 1.82) is 5.26 Å². The standard InChI is InChI=1S/C23H29FN4O4/c1-23(2,3)10-19(26-21(31)16-5-7-17(24)8-6-16)22(32)27(4)13-20(30)28-12-15(14-29)9-18(28)11-25/h5-8,14-15,18-19H,9-10,12-13H2,1-4H3,(H,26,31). The summed E-state index contributed by atoms with van der Waals surface area (Å²) in [5.41, 5.74) is -0.0927. The minimum atomic E-state index is -0.904. The van der Waals surface area contributed by atoms with Crippen molar-refractivity contribution in [2.75, 3.05) is 20.1 Å². The molecule has 0 spiro atoms. The largest absolute Gasteiger partial charge is 0.340 e. The van der Waals surface area contributed by atoms with E-state index >= 15 is 0 Å². The number of halogens is 1. The van der Waals surface area contributed by atoms with E-state index in [9.17, 15) is 28.8 Å². The smallest absolute Gasteiger partial charge is 0.251 e. The van der Waals surface area contributed by atoms with Gasteiger partial charge in [0.15, 0.2) is 0 Å².